The number of carbonyl (C=O) groups excluding carboxylic acids is 1. The summed E-state index contributed by atoms with van der Waals surface area (Å²) in [5.41, 5.74) is 1.85. The van der Waals surface area contributed by atoms with Gasteiger partial charge >= 0.3 is 0 Å². The largest absolute Gasteiger partial charge is 0.395 e. The highest BCUT2D eigenvalue weighted by molar-refractivity contribution is 5.99. The van der Waals surface area contributed by atoms with Gasteiger partial charge in [-0.3, -0.25) is 4.79 Å². The maximum Gasteiger partial charge on any atom is 0.179 e. The minimum absolute atomic E-state index is 0.0471. The fourth-order valence-electron chi connectivity index (χ4n) is 1.34. The molecule has 0 saturated heterocycles. The van der Waals surface area contributed by atoms with Crippen LogP contribution in [0.1, 0.15) is 22.8 Å². The van der Waals surface area contributed by atoms with Crippen LogP contribution < -0.4 is 5.32 Å². The molecule has 0 bridgehead atoms. The molecule has 2 N–H and O–H groups in total. The first-order chi connectivity index (χ1) is 7.15. The second kappa shape index (κ2) is 5.63. The number of benzene rings is 1. The fourth-order valence-corrected chi connectivity index (χ4v) is 1.34. The van der Waals surface area contributed by atoms with E-state index in [1.165, 1.54) is 0 Å². The topological polar surface area (TPSA) is 49.3 Å². The van der Waals surface area contributed by atoms with Gasteiger partial charge in [-0.25, -0.2) is 0 Å². The summed E-state index contributed by atoms with van der Waals surface area (Å²) in [5.74, 6) is 0.0588. The summed E-state index contributed by atoms with van der Waals surface area (Å²) < 4.78 is 0. The number of carbonyl (C=O) groups is 1. The van der Waals surface area contributed by atoms with E-state index in [0.717, 1.165) is 5.56 Å². The lowest BCUT2D eigenvalue weighted by molar-refractivity contribution is 0.0948. The number of rotatable bonds is 5. The molecule has 1 aromatic rings. The summed E-state index contributed by atoms with van der Waals surface area (Å²) in [6, 6.07) is 7.25. The third kappa shape index (κ3) is 3.46. The van der Waals surface area contributed by atoms with E-state index in [-0.39, 0.29) is 18.4 Å². The Kier molecular flexibility index (Phi) is 4.46. The number of aliphatic hydroxyl groups excluding tert-OH is 1. The number of hydrogen-bond donors (Lipinski definition) is 2. The summed E-state index contributed by atoms with van der Waals surface area (Å²) >= 11 is 0. The molecule has 1 rings (SSSR count). The first-order valence-corrected chi connectivity index (χ1v) is 5.10. The van der Waals surface area contributed by atoms with Crippen molar-refractivity contribution in [3.05, 3.63) is 35.4 Å². The second-order valence-corrected chi connectivity index (χ2v) is 3.63. The lowest BCUT2D eigenvalue weighted by Gasteiger charge is -2.11. The van der Waals surface area contributed by atoms with Crippen molar-refractivity contribution >= 4 is 5.78 Å². The van der Waals surface area contributed by atoms with Crippen molar-refractivity contribution in [3.63, 3.8) is 0 Å². The summed E-state index contributed by atoms with van der Waals surface area (Å²) in [4.78, 5) is 11.8. The molecule has 0 amide bonds. The van der Waals surface area contributed by atoms with Crippen molar-refractivity contribution < 1.29 is 9.90 Å². The van der Waals surface area contributed by atoms with E-state index >= 15 is 0 Å². The molecule has 82 valence electrons. The lowest BCUT2D eigenvalue weighted by Crippen LogP contribution is -2.35. The van der Waals surface area contributed by atoms with Crippen LogP contribution in [0.5, 0.6) is 0 Å². The molecule has 1 aromatic carbocycles. The van der Waals surface area contributed by atoms with Gasteiger partial charge in [0, 0.05) is 12.1 Å². The zero-order valence-electron chi connectivity index (χ0n) is 9.16. The SMILES string of the molecule is Cc1ccc(C(=O)C(C)NCCO)cc1. The second-order valence-electron chi connectivity index (χ2n) is 3.63. The molecular weight excluding hydrogens is 190 g/mol. The molecule has 15 heavy (non-hydrogen) atoms. The summed E-state index contributed by atoms with van der Waals surface area (Å²) in [6.45, 7) is 4.28. The lowest BCUT2D eigenvalue weighted by atomic mass is 10.0. The standard InChI is InChI=1S/C12H17NO2/c1-9-3-5-11(6-4-9)12(15)10(2)13-7-8-14/h3-6,10,13-14H,7-8H2,1-2H3. The van der Waals surface area contributed by atoms with E-state index < -0.39 is 0 Å². The van der Waals surface area contributed by atoms with E-state index in [4.69, 9.17) is 5.11 Å². The highest BCUT2D eigenvalue weighted by Gasteiger charge is 2.13. The van der Waals surface area contributed by atoms with Crippen molar-refractivity contribution in [3.8, 4) is 0 Å². The third-order valence-corrected chi connectivity index (χ3v) is 2.29. The Morgan fingerprint density at radius 3 is 2.53 bits per heavy atom. The van der Waals surface area contributed by atoms with E-state index in [0.29, 0.717) is 12.1 Å². The van der Waals surface area contributed by atoms with Gasteiger partial charge in [-0.1, -0.05) is 29.8 Å². The zero-order chi connectivity index (χ0) is 11.3. The van der Waals surface area contributed by atoms with Gasteiger partial charge in [-0.15, -0.1) is 0 Å². The van der Waals surface area contributed by atoms with Gasteiger partial charge in [-0.2, -0.15) is 0 Å². The Morgan fingerprint density at radius 2 is 2.00 bits per heavy atom. The Labute approximate surface area is 90.1 Å². The third-order valence-electron chi connectivity index (χ3n) is 2.29. The van der Waals surface area contributed by atoms with Gasteiger partial charge in [0.15, 0.2) is 5.78 Å². The van der Waals surface area contributed by atoms with Crippen molar-refractivity contribution in [1.82, 2.24) is 5.32 Å². The number of aryl methyl sites for hydroxylation is 1. The van der Waals surface area contributed by atoms with Gasteiger partial charge in [-0.05, 0) is 13.8 Å². The number of Topliss-reactive ketones (excluding diaryl/α,β-unsaturated/α-hetero) is 1. The van der Waals surface area contributed by atoms with E-state index in [1.54, 1.807) is 6.92 Å². The number of hydrogen-bond acceptors (Lipinski definition) is 3. The number of nitrogens with one attached hydrogen (secondary N) is 1. The molecule has 0 fully saturated rings. The van der Waals surface area contributed by atoms with Gasteiger partial charge in [0.25, 0.3) is 0 Å². The molecule has 3 nitrogen and oxygen atoms in total. The van der Waals surface area contributed by atoms with Crippen LogP contribution in [-0.4, -0.2) is 30.1 Å². The van der Waals surface area contributed by atoms with Crippen LogP contribution in [0.2, 0.25) is 0 Å². The average molecular weight is 207 g/mol. The maximum atomic E-state index is 11.8. The van der Waals surface area contributed by atoms with Gasteiger partial charge in [0.1, 0.15) is 0 Å². The molecule has 0 spiro atoms. The highest BCUT2D eigenvalue weighted by Crippen LogP contribution is 2.06. The molecule has 3 heteroatoms. The smallest absolute Gasteiger partial charge is 0.179 e. The molecule has 0 radical (unpaired) electrons. The van der Waals surface area contributed by atoms with Crippen LogP contribution >= 0.6 is 0 Å². The first kappa shape index (κ1) is 11.9. The van der Waals surface area contributed by atoms with Gasteiger partial charge in [0.2, 0.25) is 0 Å². The maximum absolute atomic E-state index is 11.8. The fraction of sp³-hybridized carbons (Fsp3) is 0.417. The van der Waals surface area contributed by atoms with Gasteiger partial charge in [0.05, 0.1) is 12.6 Å². The Balaban J connectivity index is 2.63. The summed E-state index contributed by atoms with van der Waals surface area (Å²) in [5, 5.41) is 11.6. The molecule has 0 aliphatic heterocycles. The molecule has 0 aliphatic carbocycles. The Bertz CT molecular complexity index is 319. The zero-order valence-corrected chi connectivity index (χ0v) is 9.16. The van der Waals surface area contributed by atoms with E-state index in [9.17, 15) is 4.79 Å². The van der Waals surface area contributed by atoms with E-state index in [1.807, 2.05) is 31.2 Å². The number of ketones is 1. The van der Waals surface area contributed by atoms with Gasteiger partial charge < -0.3 is 10.4 Å². The van der Waals surface area contributed by atoms with Crippen LogP contribution in [-0.2, 0) is 0 Å². The minimum atomic E-state index is -0.250. The predicted octanol–water partition coefficient (Wildman–Crippen LogP) is 1.15. The molecule has 0 saturated carbocycles. The van der Waals surface area contributed by atoms with Crippen molar-refractivity contribution in [2.24, 2.45) is 0 Å². The van der Waals surface area contributed by atoms with Crippen LogP contribution in [0, 0.1) is 6.92 Å². The summed E-state index contributed by atoms with van der Waals surface area (Å²) in [6.07, 6.45) is 0. The normalized spacial score (nSPS) is 12.5. The monoisotopic (exact) mass is 207 g/mol. The van der Waals surface area contributed by atoms with Crippen molar-refractivity contribution in [2.45, 2.75) is 19.9 Å². The molecule has 0 aliphatic rings. The quantitative estimate of drug-likeness (QED) is 0.712. The van der Waals surface area contributed by atoms with Crippen LogP contribution in [0.15, 0.2) is 24.3 Å². The summed E-state index contributed by atoms with van der Waals surface area (Å²) in [7, 11) is 0. The average Bonchev–Trinajstić information content (AvgIpc) is 2.26. The van der Waals surface area contributed by atoms with Crippen LogP contribution in [0.3, 0.4) is 0 Å². The van der Waals surface area contributed by atoms with E-state index in [2.05, 4.69) is 5.32 Å². The molecular formula is C12H17NO2. The van der Waals surface area contributed by atoms with Crippen LogP contribution in [0.25, 0.3) is 0 Å². The molecule has 1 atom stereocenters. The first-order valence-electron chi connectivity index (χ1n) is 5.10. The Hall–Kier alpha value is -1.19. The molecule has 0 heterocycles. The van der Waals surface area contributed by atoms with Crippen LogP contribution in [0.4, 0.5) is 0 Å². The molecule has 0 aromatic heterocycles. The highest BCUT2D eigenvalue weighted by atomic mass is 16.3. The van der Waals surface area contributed by atoms with Crippen molar-refractivity contribution in [2.75, 3.05) is 13.2 Å². The minimum Gasteiger partial charge on any atom is -0.395 e. The van der Waals surface area contributed by atoms with Crippen molar-refractivity contribution in [1.29, 1.82) is 0 Å². The Morgan fingerprint density at radius 1 is 1.40 bits per heavy atom. The number of aliphatic hydroxyl groups is 1. The molecule has 1 unspecified atom stereocenters. The predicted molar refractivity (Wildman–Crippen MR) is 60.1 cm³/mol.